The van der Waals surface area contributed by atoms with Crippen molar-refractivity contribution < 1.29 is 19.4 Å². The molecular weight excluding hydrogens is 476 g/mol. The summed E-state index contributed by atoms with van der Waals surface area (Å²) >= 11 is 0. The van der Waals surface area contributed by atoms with Crippen LogP contribution in [-0.4, -0.2) is 49.0 Å². The van der Waals surface area contributed by atoms with Gasteiger partial charge in [-0.05, 0) is 35.9 Å². The smallest absolute Gasteiger partial charge is 0.352 e. The lowest BCUT2D eigenvalue weighted by molar-refractivity contribution is 0.0690. The third-order valence-corrected chi connectivity index (χ3v) is 7.28. The number of H-pyrrole nitrogens is 1. The number of carboxylic acid groups (broad SMARTS) is 1. The van der Waals surface area contributed by atoms with Crippen molar-refractivity contribution in [2.75, 3.05) is 37.8 Å². The molecule has 1 fully saturated rings. The molecule has 5 aromatic rings. The van der Waals surface area contributed by atoms with Crippen molar-refractivity contribution in [3.8, 4) is 16.9 Å². The molecule has 0 spiro atoms. The van der Waals surface area contributed by atoms with Crippen molar-refractivity contribution in [1.82, 2.24) is 4.98 Å². The minimum atomic E-state index is -0.946. The zero-order valence-corrected chi connectivity index (χ0v) is 21.2. The Balaban J connectivity index is 1.29. The van der Waals surface area contributed by atoms with E-state index in [1.807, 2.05) is 48.5 Å². The summed E-state index contributed by atoms with van der Waals surface area (Å²) in [5.74, 6) is -0.0962. The van der Waals surface area contributed by atoms with E-state index in [0.29, 0.717) is 32.7 Å². The first-order chi connectivity index (χ1) is 18.7. The van der Waals surface area contributed by atoms with E-state index in [0.717, 1.165) is 62.9 Å². The Hall–Kier alpha value is -4.29. The normalized spacial score (nSPS) is 13.7. The average molecular weight is 507 g/mol. The van der Waals surface area contributed by atoms with Crippen molar-refractivity contribution in [3.05, 3.63) is 96.2 Å². The van der Waals surface area contributed by atoms with Crippen LogP contribution in [0.2, 0.25) is 0 Å². The maximum absolute atomic E-state index is 12.3. The Labute approximate surface area is 221 Å². The highest BCUT2D eigenvalue weighted by molar-refractivity contribution is 6.04. The van der Waals surface area contributed by atoms with Crippen molar-refractivity contribution in [3.63, 3.8) is 0 Å². The second kappa shape index (κ2) is 10.6. The lowest BCUT2D eigenvalue weighted by Crippen LogP contribution is -2.36. The Kier molecular flexibility index (Phi) is 6.71. The van der Waals surface area contributed by atoms with Gasteiger partial charge in [-0.25, -0.2) is 4.79 Å². The number of aromatic nitrogens is 1. The van der Waals surface area contributed by atoms with Crippen molar-refractivity contribution >= 4 is 33.3 Å². The fourth-order valence-electron chi connectivity index (χ4n) is 5.47. The van der Waals surface area contributed by atoms with Crippen LogP contribution in [0.5, 0.6) is 5.75 Å². The molecule has 2 heterocycles. The van der Waals surface area contributed by atoms with Crippen LogP contribution in [0.4, 0.5) is 5.69 Å². The van der Waals surface area contributed by atoms with Crippen LogP contribution in [0.3, 0.4) is 0 Å². The Morgan fingerprint density at radius 1 is 0.868 bits per heavy atom. The van der Waals surface area contributed by atoms with Gasteiger partial charge in [0.25, 0.3) is 0 Å². The van der Waals surface area contributed by atoms with Gasteiger partial charge in [0.05, 0.1) is 25.3 Å². The Morgan fingerprint density at radius 2 is 1.58 bits per heavy atom. The van der Waals surface area contributed by atoms with Gasteiger partial charge in [-0.2, -0.15) is 0 Å². The van der Waals surface area contributed by atoms with Crippen molar-refractivity contribution in [1.29, 1.82) is 0 Å². The van der Waals surface area contributed by atoms with Gasteiger partial charge >= 0.3 is 5.97 Å². The summed E-state index contributed by atoms with van der Waals surface area (Å²) < 4.78 is 11.7. The molecule has 6 rings (SSSR count). The highest BCUT2D eigenvalue weighted by Gasteiger charge is 2.21. The number of aryl methyl sites for hydroxylation is 1. The maximum Gasteiger partial charge on any atom is 0.352 e. The molecule has 1 aromatic heterocycles. The molecule has 4 aromatic carbocycles. The van der Waals surface area contributed by atoms with E-state index < -0.39 is 5.97 Å². The number of benzene rings is 4. The first-order valence-electron chi connectivity index (χ1n) is 13.1. The third kappa shape index (κ3) is 4.59. The summed E-state index contributed by atoms with van der Waals surface area (Å²) in [5.41, 5.74) is 5.16. The second-order valence-electron chi connectivity index (χ2n) is 9.56. The lowest BCUT2D eigenvalue weighted by atomic mass is 9.98. The van der Waals surface area contributed by atoms with Crippen LogP contribution in [0.1, 0.15) is 22.5 Å². The Morgan fingerprint density at radius 3 is 2.45 bits per heavy atom. The number of aromatic carboxylic acids is 1. The first kappa shape index (κ1) is 24.1. The van der Waals surface area contributed by atoms with E-state index in [-0.39, 0.29) is 5.69 Å². The summed E-state index contributed by atoms with van der Waals surface area (Å²) in [6, 6.07) is 28.6. The molecular formula is C32H30N2O4. The van der Waals surface area contributed by atoms with Crippen LogP contribution < -0.4 is 9.64 Å². The van der Waals surface area contributed by atoms with E-state index in [1.54, 1.807) is 0 Å². The molecule has 1 aliphatic rings. The molecule has 192 valence electrons. The molecule has 0 saturated carbocycles. The number of ether oxygens (including phenoxy) is 2. The SMILES string of the molecule is O=C(O)c1[nH]c2c(-c3ccccc3N3CCOCC3)cccc2c1CCCOc1cccc2ccccc12. The van der Waals surface area contributed by atoms with Gasteiger partial charge in [-0.1, -0.05) is 72.8 Å². The number of rotatable bonds is 8. The first-order valence-corrected chi connectivity index (χ1v) is 13.1. The molecule has 0 atom stereocenters. The van der Waals surface area contributed by atoms with Gasteiger partial charge < -0.3 is 24.5 Å². The molecule has 6 heteroatoms. The average Bonchev–Trinajstić information content (AvgIpc) is 3.35. The fourth-order valence-corrected chi connectivity index (χ4v) is 5.47. The number of para-hydroxylation sites is 2. The molecule has 0 unspecified atom stereocenters. The largest absolute Gasteiger partial charge is 0.493 e. The van der Waals surface area contributed by atoms with E-state index >= 15 is 0 Å². The number of hydrogen-bond acceptors (Lipinski definition) is 4. The van der Waals surface area contributed by atoms with E-state index in [4.69, 9.17) is 9.47 Å². The molecule has 1 saturated heterocycles. The van der Waals surface area contributed by atoms with Crippen LogP contribution in [0, 0.1) is 0 Å². The number of aromatic amines is 1. The van der Waals surface area contributed by atoms with Gasteiger partial charge in [-0.15, -0.1) is 0 Å². The second-order valence-corrected chi connectivity index (χ2v) is 9.56. The molecule has 0 bridgehead atoms. The number of morpholine rings is 1. The summed E-state index contributed by atoms with van der Waals surface area (Å²) in [5, 5.41) is 13.2. The van der Waals surface area contributed by atoms with E-state index in [1.165, 1.54) is 0 Å². The molecule has 0 aliphatic carbocycles. The van der Waals surface area contributed by atoms with E-state index in [2.05, 4.69) is 46.3 Å². The summed E-state index contributed by atoms with van der Waals surface area (Å²) in [6.07, 6.45) is 1.30. The summed E-state index contributed by atoms with van der Waals surface area (Å²) in [4.78, 5) is 17.9. The maximum atomic E-state index is 12.3. The number of fused-ring (bicyclic) bond motifs is 2. The highest BCUT2D eigenvalue weighted by atomic mass is 16.5. The van der Waals surface area contributed by atoms with E-state index in [9.17, 15) is 9.90 Å². The predicted octanol–water partition coefficient (Wildman–Crippen LogP) is 6.53. The monoisotopic (exact) mass is 506 g/mol. The standard InChI is InChI=1S/C32H30N2O4/c35-32(36)31-27(14-7-19-38-29-16-5-9-22-8-1-2-10-23(22)29)26-13-6-12-25(30(26)33-31)24-11-3-4-15-28(24)34-17-20-37-21-18-34/h1-6,8-13,15-16,33H,7,14,17-21H2,(H,35,36). The van der Waals surface area contributed by atoms with Gasteiger partial charge in [0, 0.05) is 40.7 Å². The van der Waals surface area contributed by atoms with Gasteiger partial charge in [0.1, 0.15) is 11.4 Å². The topological polar surface area (TPSA) is 74.8 Å². The van der Waals surface area contributed by atoms with Crippen LogP contribution in [0.15, 0.2) is 84.9 Å². The number of anilines is 1. The minimum Gasteiger partial charge on any atom is -0.493 e. The summed E-state index contributed by atoms with van der Waals surface area (Å²) in [6.45, 7) is 3.57. The van der Waals surface area contributed by atoms with Crippen molar-refractivity contribution in [2.24, 2.45) is 0 Å². The molecule has 38 heavy (non-hydrogen) atoms. The lowest BCUT2D eigenvalue weighted by Gasteiger charge is -2.30. The van der Waals surface area contributed by atoms with Crippen LogP contribution in [-0.2, 0) is 11.2 Å². The summed E-state index contributed by atoms with van der Waals surface area (Å²) in [7, 11) is 0. The van der Waals surface area contributed by atoms with Gasteiger partial charge in [0.2, 0.25) is 0 Å². The molecule has 0 amide bonds. The number of carboxylic acids is 1. The number of nitrogens with zero attached hydrogens (tertiary/aromatic N) is 1. The molecule has 0 radical (unpaired) electrons. The van der Waals surface area contributed by atoms with Crippen LogP contribution in [0.25, 0.3) is 32.8 Å². The highest BCUT2D eigenvalue weighted by Crippen LogP contribution is 2.37. The quantitative estimate of drug-likeness (QED) is 0.234. The van der Waals surface area contributed by atoms with Crippen LogP contribution >= 0.6 is 0 Å². The zero-order valence-electron chi connectivity index (χ0n) is 21.2. The van der Waals surface area contributed by atoms with Gasteiger partial charge in [0.15, 0.2) is 0 Å². The Bertz CT molecular complexity index is 1600. The predicted molar refractivity (Wildman–Crippen MR) is 151 cm³/mol. The number of hydrogen-bond donors (Lipinski definition) is 2. The fraction of sp³-hybridized carbons (Fsp3) is 0.219. The third-order valence-electron chi connectivity index (χ3n) is 7.28. The number of nitrogens with one attached hydrogen (secondary N) is 1. The number of carbonyl (C=O) groups is 1. The molecule has 1 aliphatic heterocycles. The molecule has 6 nitrogen and oxygen atoms in total. The minimum absolute atomic E-state index is 0.251. The molecule has 2 N–H and O–H groups in total. The van der Waals surface area contributed by atoms with Gasteiger partial charge in [-0.3, -0.25) is 0 Å². The zero-order chi connectivity index (χ0) is 25.9. The van der Waals surface area contributed by atoms with Crippen molar-refractivity contribution in [2.45, 2.75) is 12.8 Å².